The van der Waals surface area contributed by atoms with E-state index in [0.717, 1.165) is 11.3 Å². The van der Waals surface area contributed by atoms with Crippen LogP contribution >= 0.6 is 0 Å². The molecule has 2 aromatic carbocycles. The molecule has 0 aliphatic heterocycles. The first-order chi connectivity index (χ1) is 10.0. The largest absolute Gasteiger partial charge is 0.457 e. The average molecular weight is 284 g/mol. The summed E-state index contributed by atoms with van der Waals surface area (Å²) in [6.45, 7) is 6.23. The molecule has 0 atom stereocenters. The third kappa shape index (κ3) is 3.54. The summed E-state index contributed by atoms with van der Waals surface area (Å²) in [4.78, 5) is 0. The van der Waals surface area contributed by atoms with Crippen LogP contribution in [0.25, 0.3) is 0 Å². The van der Waals surface area contributed by atoms with Gasteiger partial charge in [-0.3, -0.25) is 0 Å². The fraction of sp³-hybridized carbons (Fsp3) is 0.235. The fourth-order valence-corrected chi connectivity index (χ4v) is 2.03. The molecular weight excluding hydrogens is 264 g/mol. The molecule has 2 aromatic rings. The Balaban J connectivity index is 2.31. The molecule has 0 heterocycles. The lowest BCUT2D eigenvalue weighted by Gasteiger charge is -2.12. The SMILES string of the molecule is Cc1ccc(Oc2ccc(C(C)C)cc2)c(/C(N)=N/O)c1. The number of rotatable bonds is 4. The average Bonchev–Trinajstić information content (AvgIpc) is 2.48. The Morgan fingerprint density at radius 2 is 1.81 bits per heavy atom. The molecule has 0 spiro atoms. The molecule has 0 unspecified atom stereocenters. The second-order valence-corrected chi connectivity index (χ2v) is 5.31. The number of nitrogens with zero attached hydrogens (tertiary/aromatic N) is 1. The first-order valence-corrected chi connectivity index (χ1v) is 6.87. The van der Waals surface area contributed by atoms with E-state index < -0.39 is 0 Å². The van der Waals surface area contributed by atoms with Crippen LogP contribution in [0.15, 0.2) is 47.6 Å². The van der Waals surface area contributed by atoms with Gasteiger partial charge >= 0.3 is 0 Å². The highest BCUT2D eigenvalue weighted by Crippen LogP contribution is 2.27. The van der Waals surface area contributed by atoms with Crippen molar-refractivity contribution in [2.24, 2.45) is 10.9 Å². The zero-order valence-electron chi connectivity index (χ0n) is 12.5. The van der Waals surface area contributed by atoms with E-state index in [1.807, 2.05) is 49.4 Å². The van der Waals surface area contributed by atoms with Crippen molar-refractivity contribution in [1.82, 2.24) is 0 Å². The number of oxime groups is 1. The molecule has 21 heavy (non-hydrogen) atoms. The van der Waals surface area contributed by atoms with E-state index in [2.05, 4.69) is 19.0 Å². The number of amidine groups is 1. The monoisotopic (exact) mass is 284 g/mol. The minimum absolute atomic E-state index is 0.0347. The van der Waals surface area contributed by atoms with Crippen LogP contribution in [0.2, 0.25) is 0 Å². The molecule has 3 N–H and O–H groups in total. The van der Waals surface area contributed by atoms with E-state index in [9.17, 15) is 0 Å². The van der Waals surface area contributed by atoms with Crippen LogP contribution < -0.4 is 10.5 Å². The lowest BCUT2D eigenvalue weighted by Crippen LogP contribution is -2.14. The van der Waals surface area contributed by atoms with Gasteiger partial charge in [0.1, 0.15) is 11.5 Å². The molecule has 4 nitrogen and oxygen atoms in total. The highest BCUT2D eigenvalue weighted by atomic mass is 16.5. The lowest BCUT2D eigenvalue weighted by molar-refractivity contribution is 0.318. The molecule has 0 saturated heterocycles. The third-order valence-corrected chi connectivity index (χ3v) is 3.29. The molecule has 0 aromatic heterocycles. The molecule has 0 aliphatic rings. The van der Waals surface area contributed by atoms with E-state index in [-0.39, 0.29) is 5.84 Å². The van der Waals surface area contributed by atoms with Crippen LogP contribution in [0.4, 0.5) is 0 Å². The second kappa shape index (κ2) is 6.31. The molecule has 0 radical (unpaired) electrons. The van der Waals surface area contributed by atoms with Gasteiger partial charge in [0.2, 0.25) is 0 Å². The molecule has 110 valence electrons. The zero-order valence-corrected chi connectivity index (χ0v) is 12.5. The van der Waals surface area contributed by atoms with Gasteiger partial charge in [0.15, 0.2) is 5.84 Å². The minimum atomic E-state index is 0.0347. The summed E-state index contributed by atoms with van der Waals surface area (Å²) in [5.41, 5.74) is 8.54. The normalized spacial score (nSPS) is 11.7. The molecule has 0 amide bonds. The van der Waals surface area contributed by atoms with E-state index in [1.165, 1.54) is 5.56 Å². The van der Waals surface area contributed by atoms with E-state index in [0.29, 0.717) is 17.2 Å². The van der Waals surface area contributed by atoms with Crippen LogP contribution in [-0.4, -0.2) is 11.0 Å². The van der Waals surface area contributed by atoms with Crippen molar-refractivity contribution in [1.29, 1.82) is 0 Å². The van der Waals surface area contributed by atoms with Gasteiger partial charge in [0.05, 0.1) is 5.56 Å². The van der Waals surface area contributed by atoms with Gasteiger partial charge in [-0.25, -0.2) is 0 Å². The van der Waals surface area contributed by atoms with Crippen LogP contribution in [0.5, 0.6) is 11.5 Å². The second-order valence-electron chi connectivity index (χ2n) is 5.31. The fourth-order valence-electron chi connectivity index (χ4n) is 2.03. The van der Waals surface area contributed by atoms with Crippen molar-refractivity contribution in [2.45, 2.75) is 26.7 Å². The quantitative estimate of drug-likeness (QED) is 0.386. The highest BCUT2D eigenvalue weighted by molar-refractivity contribution is 5.99. The summed E-state index contributed by atoms with van der Waals surface area (Å²) >= 11 is 0. The van der Waals surface area contributed by atoms with E-state index >= 15 is 0 Å². The number of benzene rings is 2. The highest BCUT2D eigenvalue weighted by Gasteiger charge is 2.10. The first-order valence-electron chi connectivity index (χ1n) is 6.87. The molecule has 0 aliphatic carbocycles. The van der Waals surface area contributed by atoms with Crippen molar-refractivity contribution in [3.63, 3.8) is 0 Å². The van der Waals surface area contributed by atoms with Crippen LogP contribution in [-0.2, 0) is 0 Å². The third-order valence-electron chi connectivity index (χ3n) is 3.29. The molecule has 2 rings (SSSR count). The van der Waals surface area contributed by atoms with Crippen molar-refractivity contribution >= 4 is 5.84 Å². The van der Waals surface area contributed by atoms with Gasteiger partial charge in [-0.15, -0.1) is 0 Å². The van der Waals surface area contributed by atoms with Gasteiger partial charge in [-0.1, -0.05) is 42.8 Å². The Kier molecular flexibility index (Phi) is 4.48. The first kappa shape index (κ1) is 14.9. The summed E-state index contributed by atoms with van der Waals surface area (Å²) in [5, 5.41) is 11.9. The van der Waals surface area contributed by atoms with Gasteiger partial charge in [0, 0.05) is 0 Å². The van der Waals surface area contributed by atoms with Crippen molar-refractivity contribution in [2.75, 3.05) is 0 Å². The predicted octanol–water partition coefficient (Wildman–Crippen LogP) is 4.01. The maximum atomic E-state index is 8.87. The van der Waals surface area contributed by atoms with Crippen molar-refractivity contribution < 1.29 is 9.94 Å². The van der Waals surface area contributed by atoms with Gasteiger partial charge in [-0.05, 0) is 42.7 Å². The standard InChI is InChI=1S/C17H20N2O2/c1-11(2)13-5-7-14(8-6-13)21-16-9-4-12(3)10-15(16)17(18)19-20/h4-11,20H,1-3H3,(H2,18,19). The Labute approximate surface area is 124 Å². The summed E-state index contributed by atoms with van der Waals surface area (Å²) in [6, 6.07) is 13.5. The number of ether oxygens (including phenoxy) is 1. The number of hydrogen-bond acceptors (Lipinski definition) is 3. The van der Waals surface area contributed by atoms with Gasteiger partial charge < -0.3 is 15.7 Å². The Morgan fingerprint density at radius 1 is 1.14 bits per heavy atom. The van der Waals surface area contributed by atoms with Gasteiger partial charge in [0.25, 0.3) is 0 Å². The van der Waals surface area contributed by atoms with Crippen LogP contribution in [0.1, 0.15) is 36.5 Å². The molecular formula is C17H20N2O2. The molecule has 0 saturated carbocycles. The Bertz CT molecular complexity index is 646. The molecule has 4 heteroatoms. The maximum absolute atomic E-state index is 8.87. The number of nitrogens with two attached hydrogens (primary N) is 1. The zero-order chi connectivity index (χ0) is 15.4. The molecule has 0 fully saturated rings. The van der Waals surface area contributed by atoms with Crippen molar-refractivity contribution in [3.05, 3.63) is 59.2 Å². The summed E-state index contributed by atoms with van der Waals surface area (Å²) in [6.07, 6.45) is 0. The van der Waals surface area contributed by atoms with E-state index in [4.69, 9.17) is 15.7 Å². The lowest BCUT2D eigenvalue weighted by atomic mass is 10.0. The molecule has 0 bridgehead atoms. The van der Waals surface area contributed by atoms with E-state index in [1.54, 1.807) is 0 Å². The minimum Gasteiger partial charge on any atom is -0.457 e. The predicted molar refractivity (Wildman–Crippen MR) is 84.3 cm³/mol. The summed E-state index contributed by atoms with van der Waals surface area (Å²) in [7, 11) is 0. The van der Waals surface area contributed by atoms with Crippen LogP contribution in [0.3, 0.4) is 0 Å². The Hall–Kier alpha value is -2.49. The van der Waals surface area contributed by atoms with Gasteiger partial charge in [-0.2, -0.15) is 0 Å². The summed E-state index contributed by atoms with van der Waals surface area (Å²) < 4.78 is 5.85. The Morgan fingerprint density at radius 3 is 2.38 bits per heavy atom. The topological polar surface area (TPSA) is 67.8 Å². The number of aryl methyl sites for hydroxylation is 1. The van der Waals surface area contributed by atoms with Crippen LogP contribution in [0, 0.1) is 6.92 Å². The number of hydrogen-bond donors (Lipinski definition) is 2. The summed E-state index contributed by atoms with van der Waals surface area (Å²) in [5.74, 6) is 1.79. The smallest absolute Gasteiger partial charge is 0.173 e. The maximum Gasteiger partial charge on any atom is 0.173 e. The van der Waals surface area contributed by atoms with Crippen molar-refractivity contribution in [3.8, 4) is 11.5 Å².